The van der Waals surface area contributed by atoms with Crippen LogP contribution in [0.15, 0.2) is 71.1 Å². The van der Waals surface area contributed by atoms with Crippen molar-refractivity contribution in [1.29, 1.82) is 0 Å². The smallest absolute Gasteiger partial charge is 0.262 e. The maximum atomic E-state index is 13.8. The Morgan fingerprint density at radius 1 is 0.900 bits per heavy atom. The molecule has 0 saturated carbocycles. The van der Waals surface area contributed by atoms with Crippen molar-refractivity contribution in [2.75, 3.05) is 18.5 Å². The molecule has 210 valence electrons. The van der Waals surface area contributed by atoms with Crippen molar-refractivity contribution in [3.63, 3.8) is 0 Å². The minimum atomic E-state index is -0.426. The Hall–Kier alpha value is -3.67. The van der Waals surface area contributed by atoms with Crippen molar-refractivity contribution in [3.8, 4) is 5.75 Å². The summed E-state index contributed by atoms with van der Waals surface area (Å²) in [7, 11) is 0. The molecule has 0 radical (unpaired) electrons. The van der Waals surface area contributed by atoms with Crippen LogP contribution in [0.4, 0.5) is 5.69 Å². The second-order valence-electron chi connectivity index (χ2n) is 13.1. The number of nitrogens with zero attached hydrogens (tertiary/aromatic N) is 1. The second kappa shape index (κ2) is 10.4. The highest BCUT2D eigenvalue weighted by Gasteiger charge is 2.48. The van der Waals surface area contributed by atoms with Gasteiger partial charge in [0.05, 0.1) is 0 Å². The number of benzene rings is 2. The number of amides is 1. The summed E-state index contributed by atoms with van der Waals surface area (Å²) < 4.78 is 5.91. The molecule has 2 aliphatic carbocycles. The van der Waals surface area contributed by atoms with Gasteiger partial charge in [-0.15, -0.1) is 0 Å². The minimum Gasteiger partial charge on any atom is -0.484 e. The van der Waals surface area contributed by atoms with Gasteiger partial charge in [-0.1, -0.05) is 52.0 Å². The van der Waals surface area contributed by atoms with E-state index >= 15 is 0 Å². The van der Waals surface area contributed by atoms with Crippen LogP contribution in [0.3, 0.4) is 0 Å². The quantitative estimate of drug-likeness (QED) is 0.440. The Balaban J connectivity index is 1.50. The first-order chi connectivity index (χ1) is 18.9. The van der Waals surface area contributed by atoms with Crippen molar-refractivity contribution >= 4 is 23.2 Å². The standard InChI is InChI=1S/C34H40N2O4/c1-7-36-25-16-33(3,4)18-27(37)31(25)30(32-26(36)17-34(5,6)19-28(32)38)22-11-9-13-24(15-22)40-20-29(39)35-23-12-8-10-21(2)14-23/h8-15,30H,7,16-20H2,1-6H3,(H,35,39). The third kappa shape index (κ3) is 5.49. The van der Waals surface area contributed by atoms with E-state index in [1.165, 1.54) is 0 Å². The Labute approximate surface area is 237 Å². The molecule has 2 aromatic carbocycles. The van der Waals surface area contributed by atoms with Crippen LogP contribution in [0.5, 0.6) is 5.75 Å². The van der Waals surface area contributed by atoms with Crippen LogP contribution in [-0.4, -0.2) is 35.5 Å². The number of allylic oxidation sites excluding steroid dienone is 4. The number of ether oxygens (including phenoxy) is 1. The molecule has 3 aliphatic rings. The predicted octanol–water partition coefficient (Wildman–Crippen LogP) is 6.72. The molecule has 0 aromatic heterocycles. The lowest BCUT2D eigenvalue weighted by molar-refractivity contribution is -0.120. The minimum absolute atomic E-state index is 0.114. The lowest BCUT2D eigenvalue weighted by Crippen LogP contribution is -2.44. The fourth-order valence-electron chi connectivity index (χ4n) is 6.62. The van der Waals surface area contributed by atoms with Gasteiger partial charge in [-0.05, 0) is 72.9 Å². The number of nitrogens with one attached hydrogen (secondary N) is 1. The van der Waals surface area contributed by atoms with E-state index in [0.717, 1.165) is 58.7 Å². The summed E-state index contributed by atoms with van der Waals surface area (Å²) in [5.74, 6) is 0.0815. The zero-order valence-electron chi connectivity index (χ0n) is 24.5. The van der Waals surface area contributed by atoms with Gasteiger partial charge in [0.2, 0.25) is 0 Å². The summed E-state index contributed by atoms with van der Waals surface area (Å²) in [5, 5.41) is 2.87. The van der Waals surface area contributed by atoms with Crippen LogP contribution in [-0.2, 0) is 14.4 Å². The molecule has 0 bridgehead atoms. The van der Waals surface area contributed by atoms with Crippen molar-refractivity contribution in [1.82, 2.24) is 4.90 Å². The van der Waals surface area contributed by atoms with Gasteiger partial charge in [-0.25, -0.2) is 0 Å². The molecule has 1 amide bonds. The number of carbonyl (C=O) groups is 3. The van der Waals surface area contributed by atoms with Gasteiger partial charge in [0.15, 0.2) is 18.2 Å². The molecule has 0 atom stereocenters. The molecule has 6 nitrogen and oxygen atoms in total. The van der Waals surface area contributed by atoms with Crippen molar-refractivity contribution in [2.24, 2.45) is 10.8 Å². The molecule has 1 heterocycles. The van der Waals surface area contributed by atoms with Crippen molar-refractivity contribution < 1.29 is 19.1 Å². The van der Waals surface area contributed by atoms with Crippen LogP contribution in [0.1, 0.15) is 77.3 Å². The van der Waals surface area contributed by atoms with Crippen molar-refractivity contribution in [3.05, 3.63) is 82.2 Å². The summed E-state index contributed by atoms with van der Waals surface area (Å²) in [6.45, 7) is 13.2. The third-order valence-electron chi connectivity index (χ3n) is 8.20. The Bertz CT molecular complexity index is 1390. The largest absolute Gasteiger partial charge is 0.484 e. The van der Waals surface area contributed by atoms with Crippen LogP contribution < -0.4 is 10.1 Å². The van der Waals surface area contributed by atoms with Gasteiger partial charge in [0.1, 0.15) is 5.75 Å². The van der Waals surface area contributed by atoms with E-state index in [9.17, 15) is 14.4 Å². The molecule has 0 spiro atoms. The molecule has 0 saturated heterocycles. The number of rotatable bonds is 6. The first kappa shape index (κ1) is 27.9. The Kier molecular flexibility index (Phi) is 7.24. The summed E-state index contributed by atoms with van der Waals surface area (Å²) in [4.78, 5) is 42.4. The second-order valence-corrected chi connectivity index (χ2v) is 13.1. The molecule has 0 unspecified atom stereocenters. The van der Waals surface area contributed by atoms with E-state index < -0.39 is 5.92 Å². The van der Waals surface area contributed by atoms with Crippen molar-refractivity contribution in [2.45, 2.75) is 73.1 Å². The maximum absolute atomic E-state index is 13.8. The highest BCUT2D eigenvalue weighted by atomic mass is 16.5. The van der Waals surface area contributed by atoms with Crippen LogP contribution in [0.25, 0.3) is 0 Å². The van der Waals surface area contributed by atoms with E-state index in [0.29, 0.717) is 18.6 Å². The summed E-state index contributed by atoms with van der Waals surface area (Å²) >= 11 is 0. The summed E-state index contributed by atoms with van der Waals surface area (Å²) in [6, 6.07) is 15.2. The summed E-state index contributed by atoms with van der Waals surface area (Å²) in [6.07, 6.45) is 2.49. The number of hydrogen-bond acceptors (Lipinski definition) is 5. The molecule has 0 fully saturated rings. The summed E-state index contributed by atoms with van der Waals surface area (Å²) in [5.41, 5.74) is 5.97. The number of carbonyl (C=O) groups excluding carboxylic acids is 3. The van der Waals surface area contributed by atoms with Gasteiger partial charge in [0, 0.05) is 53.5 Å². The predicted molar refractivity (Wildman–Crippen MR) is 157 cm³/mol. The molecule has 2 aromatic rings. The first-order valence-corrected chi connectivity index (χ1v) is 14.3. The number of ketones is 2. The molecular formula is C34H40N2O4. The Morgan fingerprint density at radius 2 is 1.50 bits per heavy atom. The van der Waals surface area contributed by atoms with Gasteiger partial charge in [0.25, 0.3) is 5.91 Å². The van der Waals surface area contributed by atoms with Gasteiger partial charge >= 0.3 is 0 Å². The topological polar surface area (TPSA) is 75.7 Å². The molecule has 1 aliphatic heterocycles. The molecule has 5 rings (SSSR count). The van der Waals surface area contributed by atoms with Crippen LogP contribution in [0, 0.1) is 17.8 Å². The Morgan fingerprint density at radius 3 is 2.08 bits per heavy atom. The zero-order valence-corrected chi connectivity index (χ0v) is 24.5. The molecular weight excluding hydrogens is 500 g/mol. The normalized spacial score (nSPS) is 20.3. The average Bonchev–Trinajstić information content (AvgIpc) is 2.85. The van der Waals surface area contributed by atoms with E-state index in [-0.39, 0.29) is 34.9 Å². The molecule has 40 heavy (non-hydrogen) atoms. The fraction of sp³-hybridized carbons (Fsp3) is 0.441. The SMILES string of the molecule is CCN1C2=C(C(=O)CC(C)(C)C2)C(c2cccc(OCC(=O)Nc3cccc(C)c3)c2)C2=C1CC(C)(C)CC2=O. The first-order valence-electron chi connectivity index (χ1n) is 14.3. The van der Waals surface area contributed by atoms with Gasteiger partial charge < -0.3 is 15.0 Å². The van der Waals surface area contributed by atoms with E-state index in [4.69, 9.17) is 4.74 Å². The fourth-order valence-corrected chi connectivity index (χ4v) is 6.62. The van der Waals surface area contributed by atoms with E-state index in [1.54, 1.807) is 0 Å². The lowest BCUT2D eigenvalue weighted by Gasteiger charge is -2.48. The third-order valence-corrected chi connectivity index (χ3v) is 8.20. The number of Topliss-reactive ketones (excluding diaryl/α,β-unsaturated/α-hetero) is 2. The maximum Gasteiger partial charge on any atom is 0.262 e. The number of anilines is 1. The highest BCUT2D eigenvalue weighted by Crippen LogP contribution is 2.54. The average molecular weight is 541 g/mol. The lowest BCUT2D eigenvalue weighted by atomic mass is 9.63. The van der Waals surface area contributed by atoms with Gasteiger partial charge in [-0.3, -0.25) is 14.4 Å². The van der Waals surface area contributed by atoms with Crippen LogP contribution >= 0.6 is 0 Å². The molecule has 1 N–H and O–H groups in total. The highest BCUT2D eigenvalue weighted by molar-refractivity contribution is 6.06. The number of aryl methyl sites for hydroxylation is 1. The van der Waals surface area contributed by atoms with E-state index in [1.807, 2.05) is 55.5 Å². The monoisotopic (exact) mass is 540 g/mol. The number of hydrogen-bond donors (Lipinski definition) is 1. The van der Waals surface area contributed by atoms with Crippen LogP contribution in [0.2, 0.25) is 0 Å². The van der Waals surface area contributed by atoms with Gasteiger partial charge in [-0.2, -0.15) is 0 Å². The van der Waals surface area contributed by atoms with E-state index in [2.05, 4.69) is 44.8 Å². The zero-order chi connectivity index (χ0) is 28.8. The molecule has 6 heteroatoms.